The average Bonchev–Trinajstić information content (AvgIpc) is 4.15. The molecule has 1 saturated carbocycles. The van der Waals surface area contributed by atoms with Crippen molar-refractivity contribution in [3.63, 3.8) is 0 Å². The number of H-pyrrole nitrogens is 2. The maximum atomic E-state index is 14.7. The Morgan fingerprint density at radius 3 is 2.04 bits per heavy atom. The van der Waals surface area contributed by atoms with Crippen LogP contribution in [0.3, 0.4) is 0 Å². The Balaban J connectivity index is 1.24. The van der Waals surface area contributed by atoms with Crippen LogP contribution in [0.2, 0.25) is 0 Å². The molecule has 8 atom stereocenters. The molecule has 0 spiro atoms. The Bertz CT molecular complexity index is 2770. The number of urea groups is 1. The molecular weight excluding hydrogens is 1030 g/mol. The summed E-state index contributed by atoms with van der Waals surface area (Å²) in [6.07, 6.45) is 9.72. The molecule has 4 aromatic rings. The molecule has 8 unspecified atom stereocenters. The number of hydrogen-bond donors (Lipinski definition) is 12. The first-order valence-corrected chi connectivity index (χ1v) is 28.2. The number of hydrogen-bond acceptors (Lipinski definition) is 13. The summed E-state index contributed by atoms with van der Waals surface area (Å²) in [5.41, 5.74) is 17.3. The topological polar surface area (TPSA) is 378 Å². The number of aromatic nitrogens is 3. The Kier molecular flexibility index (Phi) is 20.5. The number of nitrogens with two attached hydrogens (primary N) is 2. The van der Waals surface area contributed by atoms with E-state index < -0.39 is 102 Å². The number of quaternary nitrogens is 1. The van der Waals surface area contributed by atoms with E-state index in [-0.39, 0.29) is 62.0 Å². The summed E-state index contributed by atoms with van der Waals surface area (Å²) in [6, 6.07) is 5.00. The molecule has 412 valence electrons. The maximum Gasteiger partial charge on any atom is 0.332 e. The molecule has 0 bridgehead atoms. The van der Waals surface area contributed by atoms with Crippen molar-refractivity contribution in [3.05, 3.63) is 90.1 Å². The molecule has 16 N–H and O–H groups in total. The second-order valence-corrected chi connectivity index (χ2v) is 22.1. The minimum absolute atomic E-state index is 0.0371. The number of guanidine groups is 1. The van der Waals surface area contributed by atoms with Crippen LogP contribution in [0.15, 0.2) is 78.3 Å². The molecule has 10 amide bonds. The normalized spacial score (nSPS) is 25.1. The van der Waals surface area contributed by atoms with Crippen molar-refractivity contribution in [1.29, 1.82) is 0 Å². The number of carbonyl (C=O) groups excluding carboxylic acids is 9. The quantitative estimate of drug-likeness (QED) is 0.0245. The zero-order valence-electron chi connectivity index (χ0n) is 42.7. The van der Waals surface area contributed by atoms with E-state index in [1.165, 1.54) is 19.4 Å². The fourth-order valence-corrected chi connectivity index (χ4v) is 12.0. The minimum Gasteiger partial charge on any atom is -0.370 e. The number of nitrogens with one attached hydrogen (secondary N) is 9. The molecule has 24 nitrogen and oxygen atoms in total. The molecule has 26 heteroatoms. The van der Waals surface area contributed by atoms with Gasteiger partial charge in [0, 0.05) is 66.3 Å². The smallest absolute Gasteiger partial charge is 0.332 e. The van der Waals surface area contributed by atoms with Gasteiger partial charge < -0.3 is 58.7 Å². The van der Waals surface area contributed by atoms with Gasteiger partial charge in [0.15, 0.2) is 12.0 Å². The van der Waals surface area contributed by atoms with Crippen LogP contribution in [-0.2, 0) is 57.6 Å². The number of rotatable bonds is 14. The second-order valence-electron chi connectivity index (χ2n) is 19.5. The fourth-order valence-electron chi connectivity index (χ4n) is 9.62. The van der Waals surface area contributed by atoms with Gasteiger partial charge in [-0.25, -0.2) is 19.5 Å². The molecule has 7 rings (SSSR count). The molecule has 77 heavy (non-hydrogen) atoms. The summed E-state index contributed by atoms with van der Waals surface area (Å²) in [6.45, 7) is 1.45. The van der Waals surface area contributed by atoms with Gasteiger partial charge in [-0.15, -0.1) is 0 Å². The molecule has 3 fully saturated rings. The van der Waals surface area contributed by atoms with E-state index in [2.05, 4.69) is 62.9 Å². The van der Waals surface area contributed by atoms with Crippen LogP contribution in [0.25, 0.3) is 10.9 Å². The molecule has 2 aliphatic heterocycles. The summed E-state index contributed by atoms with van der Waals surface area (Å²) in [5.74, 6) is -6.37. The van der Waals surface area contributed by atoms with Crippen LogP contribution in [0, 0.1) is 5.92 Å². The van der Waals surface area contributed by atoms with Gasteiger partial charge in [0.1, 0.15) is 42.3 Å². The van der Waals surface area contributed by atoms with Crippen molar-refractivity contribution in [2.45, 2.75) is 126 Å². The molecular formula is C51H68N15O9S2+. The highest BCUT2D eigenvalue weighted by Gasteiger charge is 2.46. The fraction of sp³-hybridized carbons (Fsp3) is 0.471. The van der Waals surface area contributed by atoms with Crippen LogP contribution in [0.4, 0.5) is 4.79 Å². The number of imide groups is 1. The number of amides is 10. The summed E-state index contributed by atoms with van der Waals surface area (Å²) < 4.78 is 0. The van der Waals surface area contributed by atoms with Crippen LogP contribution in [0.5, 0.6) is 0 Å². The monoisotopic (exact) mass is 1100 g/mol. The van der Waals surface area contributed by atoms with Crippen molar-refractivity contribution in [1.82, 2.24) is 57.1 Å². The third-order valence-electron chi connectivity index (χ3n) is 13.8. The lowest BCUT2D eigenvalue weighted by Gasteiger charge is -2.28. The van der Waals surface area contributed by atoms with Crippen molar-refractivity contribution >= 4 is 91.7 Å². The summed E-state index contributed by atoms with van der Waals surface area (Å²) >= 11 is 0. The highest BCUT2D eigenvalue weighted by Crippen LogP contribution is 2.31. The standard InChI is InChI=1S/C51H67N15O9S2/c1-28-43(68)61-38(22-32-24-55-27-58-32)47(72)62-36(19-29-11-4-2-5-12-29)45(70)60-35(17-10-18-56-50(53)54)44(69)63-37(21-31-23-57-34-16-9-8-15-33(31)34)46(71)64-40(42(52)67)25-76-77-26-41(48(73)59-28)66-49(74)39(65-51(66)75)20-30-13-6-3-7-14-30/h2,4-5,8-9,11-12,15-16,23-24,27-28,30,35-41,57H,3,6-7,10,13-14,17-22,25-26H2,1H3,(H2,52,67)(H,55,58)(H,59,73)(H,60,70)(H,61,68)(H,62,72)(H,63,69)(H,64,71)(H,65,75)(H4,53,54,56)/p+1. The molecule has 2 aromatic heterocycles. The number of imidazole rings is 1. The van der Waals surface area contributed by atoms with Crippen LogP contribution in [-0.4, -0.2) is 145 Å². The van der Waals surface area contributed by atoms with E-state index in [4.69, 9.17) is 11.5 Å². The van der Waals surface area contributed by atoms with Crippen molar-refractivity contribution in [2.75, 3.05) is 18.1 Å². The number of aromatic amines is 2. The van der Waals surface area contributed by atoms with Gasteiger partial charge in [0.2, 0.25) is 35.4 Å². The first-order chi connectivity index (χ1) is 37.0. The Morgan fingerprint density at radius 1 is 0.701 bits per heavy atom. The Hall–Kier alpha value is -7.45. The van der Waals surface area contributed by atoms with E-state index in [1.807, 2.05) is 24.3 Å². The summed E-state index contributed by atoms with van der Waals surface area (Å²) in [7, 11) is 2.11. The molecule has 3 aliphatic rings. The largest absolute Gasteiger partial charge is 0.370 e. The number of carbonyl (C=O) groups is 9. The molecule has 4 heterocycles. The third-order valence-corrected chi connectivity index (χ3v) is 16.2. The van der Waals surface area contributed by atoms with Gasteiger partial charge >= 0.3 is 11.9 Å². The van der Waals surface area contributed by atoms with Crippen LogP contribution in [0.1, 0.15) is 75.1 Å². The van der Waals surface area contributed by atoms with Crippen molar-refractivity contribution < 1.29 is 48.9 Å². The van der Waals surface area contributed by atoms with E-state index in [9.17, 15) is 43.2 Å². The zero-order valence-corrected chi connectivity index (χ0v) is 44.4. The van der Waals surface area contributed by atoms with E-state index in [0.29, 0.717) is 23.2 Å². The number of para-hydroxylation sites is 1. The first kappa shape index (κ1) is 57.3. The second kappa shape index (κ2) is 27.6. The van der Waals surface area contributed by atoms with Gasteiger partial charge in [0.25, 0.3) is 5.91 Å². The van der Waals surface area contributed by atoms with E-state index in [0.717, 1.165) is 69.5 Å². The molecule has 1 aliphatic carbocycles. The molecule has 2 aromatic carbocycles. The zero-order chi connectivity index (χ0) is 55.0. The number of fused-ring (bicyclic) bond motifs is 1. The Morgan fingerprint density at radius 2 is 1.34 bits per heavy atom. The van der Waals surface area contributed by atoms with Crippen molar-refractivity contribution in [3.8, 4) is 0 Å². The first-order valence-electron chi connectivity index (χ1n) is 25.7. The van der Waals surface area contributed by atoms with E-state index in [1.54, 1.807) is 36.5 Å². The van der Waals surface area contributed by atoms with E-state index >= 15 is 0 Å². The van der Waals surface area contributed by atoms with Gasteiger partial charge in [-0.1, -0.05) is 102 Å². The summed E-state index contributed by atoms with van der Waals surface area (Å²) in [5, 5.41) is 20.0. The predicted octanol–water partition coefficient (Wildman–Crippen LogP) is -0.676. The van der Waals surface area contributed by atoms with Gasteiger partial charge in [-0.3, -0.25) is 44.3 Å². The van der Waals surface area contributed by atoms with Crippen molar-refractivity contribution in [2.24, 2.45) is 22.4 Å². The molecule has 2 saturated heterocycles. The lowest BCUT2D eigenvalue weighted by atomic mass is 9.85. The van der Waals surface area contributed by atoms with Gasteiger partial charge in [-0.2, -0.15) is 0 Å². The highest BCUT2D eigenvalue weighted by molar-refractivity contribution is 8.76. The average molecular weight is 1100 g/mol. The predicted molar refractivity (Wildman–Crippen MR) is 289 cm³/mol. The Labute approximate surface area is 452 Å². The SMILES string of the molecule is CC1NC(=O)C(N2C(=O)NC(CC3CCCCC3)C2=O)CSSCC(C([NH3+])=O)NC(=O)C(Cc2c[nH]c3ccccc23)NC(=O)C(CCCN=C(N)N)NC(=O)C(Cc2ccccc2)NC(=O)C(Cc2cnc[nH]2)NC1=O. The highest BCUT2D eigenvalue weighted by atomic mass is 33.1. The van der Waals surface area contributed by atoms with Gasteiger partial charge in [-0.05, 0) is 49.3 Å². The number of aliphatic imine (C=N–C) groups is 1. The summed E-state index contributed by atoms with van der Waals surface area (Å²) in [4.78, 5) is 143. The number of nitrogens with zero attached hydrogens (tertiary/aromatic N) is 3. The third kappa shape index (κ3) is 16.0. The molecule has 0 radical (unpaired) electrons. The van der Waals surface area contributed by atoms with Gasteiger partial charge in [0.05, 0.1) is 6.33 Å². The van der Waals surface area contributed by atoms with Crippen LogP contribution < -0.4 is 54.4 Å². The lowest BCUT2D eigenvalue weighted by molar-refractivity contribution is -0.307. The van der Waals surface area contributed by atoms with Crippen LogP contribution >= 0.6 is 21.6 Å². The lowest BCUT2D eigenvalue weighted by Crippen LogP contribution is -2.68. The minimum atomic E-state index is -1.46. The maximum absolute atomic E-state index is 14.7. The number of benzene rings is 2.